The Morgan fingerprint density at radius 3 is 2.43 bits per heavy atom. The van der Waals surface area contributed by atoms with E-state index in [0.29, 0.717) is 11.3 Å². The summed E-state index contributed by atoms with van der Waals surface area (Å²) in [5.41, 5.74) is 7.37. The molecule has 0 radical (unpaired) electrons. The van der Waals surface area contributed by atoms with Crippen LogP contribution in [0.15, 0.2) is 42.5 Å². The fourth-order valence-electron chi connectivity index (χ4n) is 1.84. The maximum Gasteiger partial charge on any atom is 0.276 e. The molecule has 0 fully saturated rings. The maximum absolute atomic E-state index is 12.1. The van der Waals surface area contributed by atoms with Gasteiger partial charge in [0.15, 0.2) is 6.61 Å². The Morgan fingerprint density at radius 2 is 1.74 bits per heavy atom. The molecule has 0 bridgehead atoms. The van der Waals surface area contributed by atoms with Crippen molar-refractivity contribution in [2.75, 3.05) is 6.61 Å². The lowest BCUT2D eigenvalue weighted by molar-refractivity contribution is -0.123. The Labute approximate surface area is 148 Å². The molecular formula is C17H17IN2O3. The number of amides is 2. The average Bonchev–Trinajstić information content (AvgIpc) is 2.54. The molecule has 0 atom stereocenters. The van der Waals surface area contributed by atoms with Crippen LogP contribution in [-0.2, 0) is 4.79 Å². The molecule has 0 unspecified atom stereocenters. The molecule has 0 spiro atoms. The lowest BCUT2D eigenvalue weighted by atomic mass is 10.1. The molecular weight excluding hydrogens is 407 g/mol. The fourth-order valence-corrected chi connectivity index (χ4v) is 2.44. The molecule has 2 amide bonds. The van der Waals surface area contributed by atoms with Crippen molar-refractivity contribution in [1.82, 2.24) is 10.9 Å². The first kappa shape index (κ1) is 17.3. The number of benzene rings is 2. The van der Waals surface area contributed by atoms with Gasteiger partial charge in [0.1, 0.15) is 5.75 Å². The molecule has 23 heavy (non-hydrogen) atoms. The van der Waals surface area contributed by atoms with E-state index in [2.05, 4.69) is 33.4 Å². The van der Waals surface area contributed by atoms with Gasteiger partial charge in [-0.05, 0) is 60.2 Å². The third-order valence-corrected chi connectivity index (χ3v) is 4.57. The van der Waals surface area contributed by atoms with Crippen molar-refractivity contribution in [2.24, 2.45) is 0 Å². The van der Waals surface area contributed by atoms with E-state index in [-0.39, 0.29) is 12.5 Å². The number of halogens is 1. The van der Waals surface area contributed by atoms with Crippen LogP contribution in [0.1, 0.15) is 21.5 Å². The zero-order chi connectivity index (χ0) is 16.8. The minimum Gasteiger partial charge on any atom is -0.484 e. The van der Waals surface area contributed by atoms with Gasteiger partial charge >= 0.3 is 0 Å². The smallest absolute Gasteiger partial charge is 0.276 e. The fraction of sp³-hybridized carbons (Fsp3) is 0.176. The van der Waals surface area contributed by atoms with E-state index in [0.717, 1.165) is 14.7 Å². The number of nitrogens with one attached hydrogen (secondary N) is 2. The van der Waals surface area contributed by atoms with Gasteiger partial charge in [-0.15, -0.1) is 0 Å². The molecule has 0 aliphatic heterocycles. The predicted molar refractivity (Wildman–Crippen MR) is 96.2 cm³/mol. The monoisotopic (exact) mass is 424 g/mol. The summed E-state index contributed by atoms with van der Waals surface area (Å²) in [4.78, 5) is 23.8. The van der Waals surface area contributed by atoms with Crippen LogP contribution in [0.2, 0.25) is 0 Å². The van der Waals surface area contributed by atoms with Crippen LogP contribution in [0.4, 0.5) is 0 Å². The van der Waals surface area contributed by atoms with E-state index in [1.165, 1.54) is 0 Å². The summed E-state index contributed by atoms with van der Waals surface area (Å²) < 4.78 is 6.19. The van der Waals surface area contributed by atoms with Crippen molar-refractivity contribution in [3.05, 3.63) is 62.7 Å². The van der Waals surface area contributed by atoms with Crippen LogP contribution in [-0.4, -0.2) is 18.4 Å². The normalized spacial score (nSPS) is 10.0. The van der Waals surface area contributed by atoms with Crippen molar-refractivity contribution < 1.29 is 14.3 Å². The molecule has 6 heteroatoms. The number of hydrogen-bond donors (Lipinski definition) is 2. The van der Waals surface area contributed by atoms with E-state index in [9.17, 15) is 9.59 Å². The number of carbonyl (C=O) groups excluding carboxylic acids is 2. The predicted octanol–water partition coefficient (Wildman–Crippen LogP) is 2.75. The van der Waals surface area contributed by atoms with Crippen molar-refractivity contribution >= 4 is 34.4 Å². The second-order valence-electron chi connectivity index (χ2n) is 5.04. The number of carbonyl (C=O) groups is 2. The highest BCUT2D eigenvalue weighted by Crippen LogP contribution is 2.16. The molecule has 2 rings (SSSR count). The Bertz CT molecular complexity index is 714. The average molecular weight is 424 g/mol. The molecule has 120 valence electrons. The molecule has 0 aliphatic rings. The van der Waals surface area contributed by atoms with Crippen molar-refractivity contribution in [2.45, 2.75) is 13.8 Å². The van der Waals surface area contributed by atoms with Crippen LogP contribution in [0.25, 0.3) is 0 Å². The molecule has 2 aromatic rings. The highest BCUT2D eigenvalue weighted by molar-refractivity contribution is 14.1. The van der Waals surface area contributed by atoms with Crippen LogP contribution in [0.3, 0.4) is 0 Å². The molecule has 0 heterocycles. The van der Waals surface area contributed by atoms with E-state index in [4.69, 9.17) is 4.74 Å². The van der Waals surface area contributed by atoms with Crippen molar-refractivity contribution in [1.29, 1.82) is 0 Å². The number of aryl methyl sites for hydroxylation is 2. The first-order chi connectivity index (χ1) is 11.0. The van der Waals surface area contributed by atoms with Gasteiger partial charge in [-0.1, -0.05) is 29.8 Å². The minimum absolute atomic E-state index is 0.172. The standard InChI is InChI=1S/C17H17IN2O3/c1-11-6-8-13(9-7-11)23-10-15(21)19-20-17(22)14-5-3-4-12(2)16(14)18/h3-9H,10H2,1-2H3,(H,19,21)(H,20,22). The summed E-state index contributed by atoms with van der Waals surface area (Å²) in [6.45, 7) is 3.72. The Balaban J connectivity index is 1.83. The number of ether oxygens (including phenoxy) is 1. The van der Waals surface area contributed by atoms with Gasteiger partial charge in [0, 0.05) is 3.57 Å². The molecule has 2 aromatic carbocycles. The first-order valence-corrected chi connectivity index (χ1v) is 8.09. The third-order valence-electron chi connectivity index (χ3n) is 3.14. The van der Waals surface area contributed by atoms with Gasteiger partial charge < -0.3 is 4.74 Å². The number of rotatable bonds is 4. The quantitative estimate of drug-likeness (QED) is 0.586. The Morgan fingerprint density at radius 1 is 1.04 bits per heavy atom. The van der Waals surface area contributed by atoms with Gasteiger partial charge in [0.25, 0.3) is 11.8 Å². The second-order valence-corrected chi connectivity index (χ2v) is 6.12. The molecule has 5 nitrogen and oxygen atoms in total. The van der Waals surface area contributed by atoms with E-state index in [1.807, 2.05) is 32.0 Å². The van der Waals surface area contributed by atoms with Crippen LogP contribution in [0.5, 0.6) is 5.75 Å². The van der Waals surface area contributed by atoms with Crippen LogP contribution in [0, 0.1) is 17.4 Å². The maximum atomic E-state index is 12.1. The third kappa shape index (κ3) is 4.95. The van der Waals surface area contributed by atoms with Crippen LogP contribution < -0.4 is 15.6 Å². The lowest BCUT2D eigenvalue weighted by Crippen LogP contribution is -2.44. The van der Waals surface area contributed by atoms with Crippen molar-refractivity contribution in [3.63, 3.8) is 0 Å². The summed E-state index contributed by atoms with van der Waals surface area (Å²) in [5, 5.41) is 0. The highest BCUT2D eigenvalue weighted by Gasteiger charge is 2.12. The molecule has 0 saturated heterocycles. The molecule has 0 saturated carbocycles. The van der Waals surface area contributed by atoms with Crippen molar-refractivity contribution in [3.8, 4) is 5.75 Å². The van der Waals surface area contributed by atoms with Gasteiger partial charge in [-0.3, -0.25) is 20.4 Å². The summed E-state index contributed by atoms with van der Waals surface area (Å²) in [6, 6.07) is 12.8. The largest absolute Gasteiger partial charge is 0.484 e. The number of hydrazine groups is 1. The summed E-state index contributed by atoms with van der Waals surface area (Å²) in [6.07, 6.45) is 0. The van der Waals surface area contributed by atoms with E-state index in [1.54, 1.807) is 24.3 Å². The van der Waals surface area contributed by atoms with E-state index < -0.39 is 5.91 Å². The lowest BCUT2D eigenvalue weighted by Gasteiger charge is -2.10. The first-order valence-electron chi connectivity index (χ1n) is 7.01. The zero-order valence-corrected chi connectivity index (χ0v) is 15.0. The molecule has 0 aromatic heterocycles. The highest BCUT2D eigenvalue weighted by atomic mass is 127. The zero-order valence-electron chi connectivity index (χ0n) is 12.9. The van der Waals surface area contributed by atoms with Crippen LogP contribution >= 0.6 is 22.6 Å². The van der Waals surface area contributed by atoms with Gasteiger partial charge in [-0.25, -0.2) is 0 Å². The van der Waals surface area contributed by atoms with Gasteiger partial charge in [-0.2, -0.15) is 0 Å². The summed E-state index contributed by atoms with van der Waals surface area (Å²) in [7, 11) is 0. The number of hydrogen-bond acceptors (Lipinski definition) is 3. The van der Waals surface area contributed by atoms with E-state index >= 15 is 0 Å². The summed E-state index contributed by atoms with van der Waals surface area (Å²) >= 11 is 2.11. The second kappa shape index (κ2) is 7.96. The van der Waals surface area contributed by atoms with Gasteiger partial charge in [0.2, 0.25) is 0 Å². The topological polar surface area (TPSA) is 67.4 Å². The summed E-state index contributed by atoms with van der Waals surface area (Å²) in [5.74, 6) is -0.186. The Hall–Kier alpha value is -2.09. The minimum atomic E-state index is -0.429. The molecule has 2 N–H and O–H groups in total. The SMILES string of the molecule is Cc1ccc(OCC(=O)NNC(=O)c2cccc(C)c2I)cc1. The Kier molecular flexibility index (Phi) is 5.97. The van der Waals surface area contributed by atoms with Gasteiger partial charge in [0.05, 0.1) is 5.56 Å². The molecule has 0 aliphatic carbocycles.